The summed E-state index contributed by atoms with van der Waals surface area (Å²) in [5, 5.41) is 5.62. The Balaban J connectivity index is 1.79. The second kappa shape index (κ2) is 7.26. The van der Waals surface area contributed by atoms with Crippen LogP contribution in [0.5, 0.6) is 0 Å². The molecule has 1 saturated heterocycles. The molecule has 0 aromatic carbocycles. The minimum absolute atomic E-state index is 0.0786. The molecule has 0 saturated carbocycles. The molecule has 0 spiro atoms. The van der Waals surface area contributed by atoms with Gasteiger partial charge in [0.1, 0.15) is 17.6 Å². The van der Waals surface area contributed by atoms with Crippen LogP contribution in [0, 0.1) is 6.92 Å². The van der Waals surface area contributed by atoms with Crippen LogP contribution in [0.4, 0.5) is 0 Å². The Morgan fingerprint density at radius 2 is 2.29 bits per heavy atom. The SMILES string of the molecule is Cc1ccc(CN(C)CC(=O)N[C@H]2CCCCNC2=O)o1. The van der Waals surface area contributed by atoms with Crippen molar-refractivity contribution in [3.8, 4) is 0 Å². The van der Waals surface area contributed by atoms with Gasteiger partial charge in [-0.25, -0.2) is 0 Å². The molecule has 1 fully saturated rings. The quantitative estimate of drug-likeness (QED) is 0.842. The number of rotatable bonds is 5. The molecule has 6 heteroatoms. The van der Waals surface area contributed by atoms with Crippen LogP contribution < -0.4 is 10.6 Å². The normalized spacial score (nSPS) is 19.2. The van der Waals surface area contributed by atoms with E-state index in [2.05, 4.69) is 10.6 Å². The summed E-state index contributed by atoms with van der Waals surface area (Å²) in [6, 6.07) is 3.40. The lowest BCUT2D eigenvalue weighted by atomic mass is 10.1. The smallest absolute Gasteiger partial charge is 0.242 e. The highest BCUT2D eigenvalue weighted by atomic mass is 16.3. The molecule has 2 N–H and O–H groups in total. The third-order valence-corrected chi connectivity index (χ3v) is 3.51. The van der Waals surface area contributed by atoms with Crippen LogP contribution in [0.15, 0.2) is 16.5 Å². The first-order valence-electron chi connectivity index (χ1n) is 7.35. The summed E-state index contributed by atoms with van der Waals surface area (Å²) in [6.07, 6.45) is 2.62. The van der Waals surface area contributed by atoms with Gasteiger partial charge in [-0.1, -0.05) is 0 Å². The monoisotopic (exact) mass is 293 g/mol. The van der Waals surface area contributed by atoms with Crippen LogP contribution in [0.1, 0.15) is 30.8 Å². The van der Waals surface area contributed by atoms with Crippen molar-refractivity contribution in [2.24, 2.45) is 0 Å². The molecule has 0 bridgehead atoms. The average molecular weight is 293 g/mol. The lowest BCUT2D eigenvalue weighted by Gasteiger charge is -2.18. The summed E-state index contributed by atoms with van der Waals surface area (Å²) in [4.78, 5) is 25.6. The fourth-order valence-electron chi connectivity index (χ4n) is 2.45. The summed E-state index contributed by atoms with van der Waals surface area (Å²) >= 11 is 0. The van der Waals surface area contributed by atoms with Gasteiger partial charge in [0.05, 0.1) is 13.1 Å². The van der Waals surface area contributed by atoms with Crippen molar-refractivity contribution < 1.29 is 14.0 Å². The predicted molar refractivity (Wildman–Crippen MR) is 78.6 cm³/mol. The van der Waals surface area contributed by atoms with Crippen LogP contribution in [-0.4, -0.2) is 42.9 Å². The van der Waals surface area contributed by atoms with E-state index >= 15 is 0 Å². The highest BCUT2D eigenvalue weighted by Gasteiger charge is 2.22. The zero-order valence-electron chi connectivity index (χ0n) is 12.6. The topological polar surface area (TPSA) is 74.6 Å². The van der Waals surface area contributed by atoms with E-state index in [1.165, 1.54) is 0 Å². The second-order valence-electron chi connectivity index (χ2n) is 5.59. The first kappa shape index (κ1) is 15.6. The van der Waals surface area contributed by atoms with E-state index in [0.717, 1.165) is 24.4 Å². The molecule has 2 heterocycles. The van der Waals surface area contributed by atoms with Crippen LogP contribution in [0.2, 0.25) is 0 Å². The number of carbonyl (C=O) groups is 2. The number of likely N-dealkylation sites (N-methyl/N-ethyl adjacent to an activating group) is 1. The molecule has 1 aliphatic heterocycles. The maximum atomic E-state index is 12.0. The first-order valence-corrected chi connectivity index (χ1v) is 7.35. The molecule has 0 unspecified atom stereocenters. The highest BCUT2D eigenvalue weighted by molar-refractivity contribution is 5.88. The van der Waals surface area contributed by atoms with E-state index in [4.69, 9.17) is 4.42 Å². The van der Waals surface area contributed by atoms with Crippen molar-refractivity contribution in [2.45, 2.75) is 38.8 Å². The van der Waals surface area contributed by atoms with Gasteiger partial charge in [-0.2, -0.15) is 0 Å². The molecule has 21 heavy (non-hydrogen) atoms. The number of furan rings is 1. The van der Waals surface area contributed by atoms with Crippen molar-refractivity contribution in [3.05, 3.63) is 23.7 Å². The number of hydrogen-bond donors (Lipinski definition) is 2. The number of hydrogen-bond acceptors (Lipinski definition) is 4. The van der Waals surface area contributed by atoms with E-state index in [1.807, 2.05) is 31.0 Å². The fourth-order valence-corrected chi connectivity index (χ4v) is 2.45. The largest absolute Gasteiger partial charge is 0.465 e. The van der Waals surface area contributed by atoms with Crippen LogP contribution in [0.3, 0.4) is 0 Å². The number of nitrogens with one attached hydrogen (secondary N) is 2. The molecule has 6 nitrogen and oxygen atoms in total. The van der Waals surface area contributed by atoms with Crippen molar-refractivity contribution in [1.82, 2.24) is 15.5 Å². The standard InChI is InChI=1S/C15H23N3O3/c1-11-6-7-12(21-11)9-18(2)10-14(19)17-13-5-3-4-8-16-15(13)20/h6-7,13H,3-5,8-10H2,1-2H3,(H,16,20)(H,17,19)/t13-/m0/s1. The summed E-state index contributed by atoms with van der Waals surface area (Å²) in [6.45, 7) is 3.39. The second-order valence-corrected chi connectivity index (χ2v) is 5.59. The van der Waals surface area contributed by atoms with Gasteiger partial charge in [0.25, 0.3) is 0 Å². The Bertz CT molecular complexity index is 498. The third-order valence-electron chi connectivity index (χ3n) is 3.51. The summed E-state index contributed by atoms with van der Waals surface area (Å²) in [5.74, 6) is 1.47. The van der Waals surface area contributed by atoms with E-state index in [1.54, 1.807) is 0 Å². The molecule has 1 aliphatic rings. The van der Waals surface area contributed by atoms with Gasteiger partial charge in [0, 0.05) is 6.54 Å². The Labute approximate surface area is 124 Å². The Morgan fingerprint density at radius 3 is 3.00 bits per heavy atom. The predicted octanol–water partition coefficient (Wildman–Crippen LogP) is 0.805. The zero-order valence-corrected chi connectivity index (χ0v) is 12.6. The molecule has 116 valence electrons. The first-order chi connectivity index (χ1) is 10.0. The summed E-state index contributed by atoms with van der Waals surface area (Å²) in [7, 11) is 1.85. The Morgan fingerprint density at radius 1 is 1.48 bits per heavy atom. The molecular formula is C15H23N3O3. The number of carbonyl (C=O) groups excluding carboxylic acids is 2. The van der Waals surface area contributed by atoms with Crippen LogP contribution in [0.25, 0.3) is 0 Å². The van der Waals surface area contributed by atoms with Crippen LogP contribution in [-0.2, 0) is 16.1 Å². The van der Waals surface area contributed by atoms with E-state index in [-0.39, 0.29) is 18.4 Å². The molecule has 1 aromatic heterocycles. The molecular weight excluding hydrogens is 270 g/mol. The summed E-state index contributed by atoms with van der Waals surface area (Å²) in [5.41, 5.74) is 0. The van der Waals surface area contributed by atoms with Gasteiger partial charge in [0.15, 0.2) is 0 Å². The summed E-state index contributed by atoms with van der Waals surface area (Å²) < 4.78 is 5.48. The van der Waals surface area contributed by atoms with Gasteiger partial charge >= 0.3 is 0 Å². The maximum Gasteiger partial charge on any atom is 0.242 e. The molecule has 2 amide bonds. The van der Waals surface area contributed by atoms with Crippen molar-refractivity contribution >= 4 is 11.8 Å². The number of nitrogens with zero attached hydrogens (tertiary/aromatic N) is 1. The van der Waals surface area contributed by atoms with Crippen molar-refractivity contribution in [3.63, 3.8) is 0 Å². The molecule has 2 rings (SSSR count). The minimum atomic E-state index is -0.403. The van der Waals surface area contributed by atoms with E-state index in [0.29, 0.717) is 19.5 Å². The van der Waals surface area contributed by atoms with E-state index in [9.17, 15) is 9.59 Å². The van der Waals surface area contributed by atoms with Crippen LogP contribution >= 0.6 is 0 Å². The highest BCUT2D eigenvalue weighted by Crippen LogP contribution is 2.09. The molecule has 0 aliphatic carbocycles. The van der Waals surface area contributed by atoms with Crippen molar-refractivity contribution in [2.75, 3.05) is 20.1 Å². The lowest BCUT2D eigenvalue weighted by Crippen LogP contribution is -2.48. The number of aryl methyl sites for hydroxylation is 1. The van der Waals surface area contributed by atoms with Crippen molar-refractivity contribution in [1.29, 1.82) is 0 Å². The third kappa shape index (κ3) is 4.90. The van der Waals surface area contributed by atoms with Gasteiger partial charge in [0.2, 0.25) is 11.8 Å². The fraction of sp³-hybridized carbons (Fsp3) is 0.600. The van der Waals surface area contributed by atoms with Gasteiger partial charge < -0.3 is 15.1 Å². The van der Waals surface area contributed by atoms with Gasteiger partial charge in [-0.05, 0) is 45.4 Å². The Hall–Kier alpha value is -1.82. The average Bonchev–Trinajstić information content (AvgIpc) is 2.70. The number of amides is 2. The van der Waals surface area contributed by atoms with Gasteiger partial charge in [-0.3, -0.25) is 14.5 Å². The Kier molecular flexibility index (Phi) is 5.38. The lowest BCUT2D eigenvalue weighted by molar-refractivity contribution is -0.129. The minimum Gasteiger partial charge on any atom is -0.465 e. The maximum absolute atomic E-state index is 12.0. The zero-order chi connectivity index (χ0) is 15.2. The molecule has 0 radical (unpaired) electrons. The molecule has 1 aromatic rings. The molecule has 1 atom stereocenters. The van der Waals surface area contributed by atoms with Gasteiger partial charge in [-0.15, -0.1) is 0 Å². The van der Waals surface area contributed by atoms with E-state index < -0.39 is 6.04 Å².